The average molecular weight is 306 g/mol. The van der Waals surface area contributed by atoms with Gasteiger partial charge in [0.05, 0.1) is 4.90 Å². The van der Waals surface area contributed by atoms with Crippen LogP contribution in [0.3, 0.4) is 0 Å². The largest absolute Gasteiger partial charge is 0.396 e. The molecule has 2 rings (SSSR count). The fraction of sp³-hybridized carbons (Fsp3) is 0.267. The summed E-state index contributed by atoms with van der Waals surface area (Å²) in [5.41, 5.74) is 1.75. The van der Waals surface area contributed by atoms with Crippen molar-refractivity contribution in [1.29, 1.82) is 0 Å². The van der Waals surface area contributed by atoms with Gasteiger partial charge in [0.25, 0.3) is 0 Å². The molecule has 1 atom stereocenters. The van der Waals surface area contributed by atoms with Crippen LogP contribution in [0.15, 0.2) is 53.7 Å². The Hall–Kier alpha value is -1.76. The molecule has 112 valence electrons. The fourth-order valence-corrected chi connectivity index (χ4v) is 3.22. The monoisotopic (exact) mass is 306 g/mol. The van der Waals surface area contributed by atoms with Crippen LogP contribution in [0.25, 0.3) is 0 Å². The first-order valence-corrected chi connectivity index (χ1v) is 8.13. The van der Waals surface area contributed by atoms with Gasteiger partial charge < -0.3 is 5.11 Å². The second-order valence-corrected chi connectivity index (χ2v) is 6.46. The highest BCUT2D eigenvalue weighted by Crippen LogP contribution is 2.16. The lowest BCUT2D eigenvalue weighted by Crippen LogP contribution is -2.26. The first-order valence-electron chi connectivity index (χ1n) is 6.65. The third-order valence-corrected chi connectivity index (χ3v) is 4.73. The van der Waals surface area contributed by atoms with Crippen LogP contribution >= 0.6 is 0 Å². The van der Waals surface area contributed by atoms with Crippen molar-refractivity contribution >= 4 is 10.0 Å². The van der Waals surface area contributed by atoms with Crippen LogP contribution in [0, 0.1) is 0 Å². The molecule has 0 saturated heterocycles. The van der Waals surface area contributed by atoms with Gasteiger partial charge in [-0.1, -0.05) is 12.1 Å². The summed E-state index contributed by atoms with van der Waals surface area (Å²) in [6, 6.07) is 9.73. The number of nitrogens with zero attached hydrogens (tertiary/aromatic N) is 1. The zero-order valence-electron chi connectivity index (χ0n) is 11.7. The topological polar surface area (TPSA) is 79.3 Å². The molecule has 0 saturated carbocycles. The molecule has 0 aliphatic carbocycles. The molecule has 21 heavy (non-hydrogen) atoms. The van der Waals surface area contributed by atoms with Gasteiger partial charge in [0.1, 0.15) is 0 Å². The summed E-state index contributed by atoms with van der Waals surface area (Å²) in [5, 5.41) is 8.86. The number of aliphatic hydroxyl groups excluding tert-OH is 1. The van der Waals surface area contributed by atoms with Crippen molar-refractivity contribution in [3.05, 3.63) is 59.9 Å². The number of pyridine rings is 1. The summed E-state index contributed by atoms with van der Waals surface area (Å²) in [5.74, 6) is 0. The van der Waals surface area contributed by atoms with Crippen LogP contribution in [0.5, 0.6) is 0 Å². The van der Waals surface area contributed by atoms with E-state index < -0.39 is 10.0 Å². The minimum atomic E-state index is -3.57. The Balaban J connectivity index is 2.14. The van der Waals surface area contributed by atoms with Crippen LogP contribution in [-0.4, -0.2) is 25.1 Å². The highest BCUT2D eigenvalue weighted by atomic mass is 32.2. The molecule has 0 aliphatic heterocycles. The van der Waals surface area contributed by atoms with E-state index in [2.05, 4.69) is 9.71 Å². The quantitative estimate of drug-likeness (QED) is 0.850. The molecule has 5 nitrogen and oxygen atoms in total. The summed E-state index contributed by atoms with van der Waals surface area (Å²) < 4.78 is 27.3. The van der Waals surface area contributed by atoms with Gasteiger partial charge in [-0.2, -0.15) is 0 Å². The van der Waals surface area contributed by atoms with Gasteiger partial charge in [-0.15, -0.1) is 0 Å². The Morgan fingerprint density at radius 2 is 1.76 bits per heavy atom. The number of hydrogen-bond donors (Lipinski definition) is 2. The molecule has 0 fully saturated rings. The normalized spacial score (nSPS) is 13.0. The maximum atomic E-state index is 12.3. The van der Waals surface area contributed by atoms with Gasteiger partial charge in [-0.3, -0.25) is 4.98 Å². The highest BCUT2D eigenvalue weighted by molar-refractivity contribution is 7.89. The Labute approximate surface area is 124 Å². The third kappa shape index (κ3) is 4.10. The lowest BCUT2D eigenvalue weighted by atomic mass is 10.1. The fourth-order valence-electron chi connectivity index (χ4n) is 1.99. The molecule has 6 heteroatoms. The highest BCUT2D eigenvalue weighted by Gasteiger charge is 2.18. The molecular weight excluding hydrogens is 288 g/mol. The standard InChI is InChI=1S/C15H18N2O3S/c1-12(14-6-9-16-10-7-14)17-21(19,20)15-4-2-13(3-5-15)8-11-18/h2-7,9-10,12,17-18H,8,11H2,1H3. The van der Waals surface area contributed by atoms with Gasteiger partial charge in [0.2, 0.25) is 10.0 Å². The Morgan fingerprint density at radius 3 is 2.33 bits per heavy atom. The molecule has 1 aromatic carbocycles. The second kappa shape index (κ2) is 6.80. The van der Waals surface area contributed by atoms with Crippen molar-refractivity contribution in [2.24, 2.45) is 0 Å². The number of aliphatic hydroxyl groups is 1. The van der Waals surface area contributed by atoms with Crippen LogP contribution in [-0.2, 0) is 16.4 Å². The molecule has 0 spiro atoms. The van der Waals surface area contributed by atoms with Crippen molar-refractivity contribution in [3.63, 3.8) is 0 Å². The van der Waals surface area contributed by atoms with Gasteiger partial charge in [-0.05, 0) is 48.7 Å². The molecule has 1 unspecified atom stereocenters. The van der Waals surface area contributed by atoms with Crippen molar-refractivity contribution in [2.45, 2.75) is 24.3 Å². The van der Waals surface area contributed by atoms with Gasteiger partial charge in [-0.25, -0.2) is 13.1 Å². The average Bonchev–Trinajstić information content (AvgIpc) is 2.48. The van der Waals surface area contributed by atoms with Gasteiger partial charge >= 0.3 is 0 Å². The molecule has 1 aromatic heterocycles. The number of benzene rings is 1. The minimum Gasteiger partial charge on any atom is -0.396 e. The molecule has 0 aliphatic rings. The van der Waals surface area contributed by atoms with Crippen molar-refractivity contribution < 1.29 is 13.5 Å². The zero-order valence-corrected chi connectivity index (χ0v) is 12.5. The number of sulfonamides is 1. The van der Waals surface area contributed by atoms with E-state index in [9.17, 15) is 8.42 Å². The van der Waals surface area contributed by atoms with E-state index in [-0.39, 0.29) is 17.5 Å². The van der Waals surface area contributed by atoms with Gasteiger partial charge in [0.15, 0.2) is 0 Å². The summed E-state index contributed by atoms with van der Waals surface area (Å²) in [6.07, 6.45) is 3.77. The third-order valence-electron chi connectivity index (χ3n) is 3.17. The first kappa shape index (κ1) is 15.6. The maximum Gasteiger partial charge on any atom is 0.241 e. The number of nitrogens with one attached hydrogen (secondary N) is 1. The predicted molar refractivity (Wildman–Crippen MR) is 80.2 cm³/mol. The summed E-state index contributed by atoms with van der Waals surface area (Å²) in [6.45, 7) is 1.83. The molecule has 0 radical (unpaired) electrons. The van der Waals surface area contributed by atoms with Gasteiger partial charge in [0, 0.05) is 25.0 Å². The SMILES string of the molecule is CC(NS(=O)(=O)c1ccc(CCO)cc1)c1ccncc1. The molecular formula is C15H18N2O3S. The smallest absolute Gasteiger partial charge is 0.241 e. The van der Waals surface area contributed by atoms with E-state index >= 15 is 0 Å². The van der Waals surface area contributed by atoms with Crippen LogP contribution in [0.4, 0.5) is 0 Å². The second-order valence-electron chi connectivity index (χ2n) is 4.74. The Kier molecular flexibility index (Phi) is 5.06. The maximum absolute atomic E-state index is 12.3. The number of hydrogen-bond acceptors (Lipinski definition) is 4. The van der Waals surface area contributed by atoms with E-state index in [4.69, 9.17) is 5.11 Å². The lowest BCUT2D eigenvalue weighted by Gasteiger charge is -2.14. The number of rotatable bonds is 6. The minimum absolute atomic E-state index is 0.0451. The predicted octanol–water partition coefficient (Wildman–Crippen LogP) is 1.66. The van der Waals surface area contributed by atoms with E-state index in [1.807, 2.05) is 0 Å². The van der Waals surface area contributed by atoms with Crippen molar-refractivity contribution in [2.75, 3.05) is 6.61 Å². The molecule has 0 bridgehead atoms. The van der Waals surface area contributed by atoms with E-state index in [1.54, 1.807) is 55.7 Å². The van der Waals surface area contributed by atoms with Crippen LogP contribution < -0.4 is 4.72 Å². The Morgan fingerprint density at radius 1 is 1.14 bits per heavy atom. The van der Waals surface area contributed by atoms with Crippen LogP contribution in [0.2, 0.25) is 0 Å². The molecule has 2 aromatic rings. The Bertz CT molecular complexity index is 670. The zero-order chi connectivity index (χ0) is 15.3. The molecule has 1 heterocycles. The van der Waals surface area contributed by atoms with Crippen molar-refractivity contribution in [1.82, 2.24) is 9.71 Å². The molecule has 2 N–H and O–H groups in total. The van der Waals surface area contributed by atoms with Crippen LogP contribution in [0.1, 0.15) is 24.1 Å². The van der Waals surface area contributed by atoms with Crippen molar-refractivity contribution in [3.8, 4) is 0 Å². The number of aromatic nitrogens is 1. The molecule has 0 amide bonds. The van der Waals surface area contributed by atoms with E-state index in [0.29, 0.717) is 6.42 Å². The summed E-state index contributed by atoms with van der Waals surface area (Å²) in [7, 11) is -3.57. The van der Waals surface area contributed by atoms with E-state index in [1.165, 1.54) is 0 Å². The first-order chi connectivity index (χ1) is 10.0. The summed E-state index contributed by atoms with van der Waals surface area (Å²) >= 11 is 0. The lowest BCUT2D eigenvalue weighted by molar-refractivity contribution is 0.299. The van der Waals surface area contributed by atoms with E-state index in [0.717, 1.165) is 11.1 Å². The summed E-state index contributed by atoms with van der Waals surface area (Å²) in [4.78, 5) is 4.12.